The van der Waals surface area contributed by atoms with E-state index in [1.54, 1.807) is 9.74 Å². The normalized spacial score (nSPS) is 12.4. The van der Waals surface area contributed by atoms with Crippen molar-refractivity contribution in [1.29, 1.82) is 0 Å². The number of amides is 1. The van der Waals surface area contributed by atoms with Gasteiger partial charge in [0, 0.05) is 0 Å². The molecule has 0 aliphatic heterocycles. The summed E-state index contributed by atoms with van der Waals surface area (Å²) in [6, 6.07) is -0.841. The van der Waals surface area contributed by atoms with Gasteiger partial charge in [-0.2, -0.15) is 0 Å². The number of nitrogens with two attached hydrogens (primary N) is 1. The molecular weight excluding hydrogens is 295 g/mol. The Morgan fingerprint density at radius 3 is 2.24 bits per heavy atom. The van der Waals surface area contributed by atoms with Gasteiger partial charge in [-0.05, 0) is 0 Å². The van der Waals surface area contributed by atoms with Crippen LogP contribution in [0.3, 0.4) is 0 Å². The molecule has 0 rings (SSSR count). The molecule has 0 aromatic carbocycles. The third-order valence-corrected chi connectivity index (χ3v) is 3.98. The first-order chi connectivity index (χ1) is 7.88. The van der Waals surface area contributed by atoms with Gasteiger partial charge in [-0.1, -0.05) is 0 Å². The van der Waals surface area contributed by atoms with Crippen LogP contribution in [-0.4, -0.2) is 59.7 Å². The molecule has 4 N–H and O–H groups in total. The minimum absolute atomic E-state index is 0.0172. The van der Waals surface area contributed by atoms with Crippen molar-refractivity contribution in [3.8, 4) is 0 Å². The number of carboxylic acids is 2. The van der Waals surface area contributed by atoms with Gasteiger partial charge in [0.05, 0.1) is 0 Å². The van der Waals surface area contributed by atoms with Gasteiger partial charge >= 0.3 is 105 Å². The van der Waals surface area contributed by atoms with Gasteiger partial charge in [-0.25, -0.2) is 0 Å². The third-order valence-electron chi connectivity index (χ3n) is 2.08. The van der Waals surface area contributed by atoms with E-state index in [1.807, 2.05) is 0 Å². The van der Waals surface area contributed by atoms with Crippen molar-refractivity contribution in [2.75, 3.05) is 6.54 Å². The molecule has 0 saturated carbocycles. The fourth-order valence-electron chi connectivity index (χ4n) is 1.25. The van der Waals surface area contributed by atoms with Crippen LogP contribution in [0, 0.1) is 0 Å². The molecule has 0 bridgehead atoms. The zero-order valence-corrected chi connectivity index (χ0v) is 11.2. The van der Waals surface area contributed by atoms with Gasteiger partial charge in [0.25, 0.3) is 0 Å². The molecule has 17 heavy (non-hydrogen) atoms. The Labute approximate surface area is 105 Å². The summed E-state index contributed by atoms with van der Waals surface area (Å²) in [5.41, 5.74) is 4.97. The molecule has 1 amide bonds. The Bertz CT molecular complexity index is 297. The number of hydrogen-bond acceptors (Lipinski definition) is 4. The number of carbonyl (C=O) groups is 3. The van der Waals surface area contributed by atoms with Gasteiger partial charge in [0.15, 0.2) is 0 Å². The van der Waals surface area contributed by atoms with Crippen molar-refractivity contribution in [2.45, 2.75) is 31.1 Å². The van der Waals surface area contributed by atoms with Crippen LogP contribution >= 0.6 is 0 Å². The van der Waals surface area contributed by atoms with E-state index in [0.717, 1.165) is 0 Å². The summed E-state index contributed by atoms with van der Waals surface area (Å²) in [6.07, 6.45) is -0.0214. The van der Waals surface area contributed by atoms with Crippen LogP contribution in [0.4, 0.5) is 0 Å². The number of carboxylic acid groups (broad SMARTS) is 2. The van der Waals surface area contributed by atoms with Crippen molar-refractivity contribution in [1.82, 2.24) is 3.92 Å². The van der Waals surface area contributed by atoms with Crippen molar-refractivity contribution in [3.05, 3.63) is 0 Å². The number of carbonyl (C=O) groups excluding carboxylic acids is 1. The third kappa shape index (κ3) is 6.93. The summed E-state index contributed by atoms with van der Waals surface area (Å²) in [6.45, 7) is 0.168. The van der Waals surface area contributed by atoms with E-state index in [-0.39, 0.29) is 41.0 Å². The maximum atomic E-state index is 11.0. The second kappa shape index (κ2) is 8.05. The van der Waals surface area contributed by atoms with E-state index < -0.39 is 23.9 Å². The first-order valence-electron chi connectivity index (χ1n) is 4.92. The average molecular weight is 311 g/mol. The fraction of sp³-hybridized carbons (Fsp3) is 0.667. The zero-order chi connectivity index (χ0) is 13.4. The molecule has 0 fully saturated rings. The van der Waals surface area contributed by atoms with Crippen molar-refractivity contribution < 1.29 is 24.6 Å². The van der Waals surface area contributed by atoms with E-state index in [9.17, 15) is 14.4 Å². The Balaban J connectivity index is 4.45. The monoisotopic (exact) mass is 312 g/mol. The summed E-state index contributed by atoms with van der Waals surface area (Å²) in [4.78, 5) is 32.1. The maximum absolute atomic E-state index is 11.0. The Kier molecular flexibility index (Phi) is 7.52. The van der Waals surface area contributed by atoms with Crippen LogP contribution in [0.2, 0.25) is 5.82 Å². The molecule has 0 saturated heterocycles. The predicted octanol–water partition coefficient (Wildman–Crippen LogP) is -0.851. The SMILES string of the molecule is C[Se]N(CCC(=O)O)[C@@H](CCC(N)=O)C(=O)O. The van der Waals surface area contributed by atoms with E-state index in [4.69, 9.17) is 15.9 Å². The standard InChI is InChI=1S/C9H16N2O5Se/c1-17-11(5-4-8(13)14)6(9(15)16)2-3-7(10)12/h6H,2-5H2,1H3,(H2,10,12)(H,13,14)(H,15,16)/t6-/m0/s1. The number of nitrogens with zero attached hydrogens (tertiary/aromatic N) is 1. The second-order valence-corrected chi connectivity index (χ2v) is 5.08. The summed E-state index contributed by atoms with van der Waals surface area (Å²) in [7, 11) is 0. The molecule has 0 aromatic heterocycles. The van der Waals surface area contributed by atoms with Gasteiger partial charge in [-0.3, -0.25) is 0 Å². The summed E-state index contributed by atoms with van der Waals surface area (Å²) in [5, 5.41) is 17.6. The summed E-state index contributed by atoms with van der Waals surface area (Å²) < 4.78 is 1.58. The molecular formula is C9H16N2O5Se. The molecule has 98 valence electrons. The Morgan fingerprint density at radius 2 is 1.88 bits per heavy atom. The molecule has 0 unspecified atom stereocenters. The number of aliphatic carboxylic acids is 2. The zero-order valence-electron chi connectivity index (χ0n) is 9.46. The molecule has 1 atom stereocenters. The number of rotatable bonds is 9. The number of hydrogen-bond donors (Lipinski definition) is 3. The molecule has 0 heterocycles. The van der Waals surface area contributed by atoms with Crippen LogP contribution in [0.5, 0.6) is 0 Å². The van der Waals surface area contributed by atoms with E-state index in [1.165, 1.54) is 0 Å². The topological polar surface area (TPSA) is 121 Å². The molecule has 0 aromatic rings. The van der Waals surface area contributed by atoms with E-state index in [0.29, 0.717) is 0 Å². The molecule has 0 radical (unpaired) electrons. The quantitative estimate of drug-likeness (QED) is 0.477. The van der Waals surface area contributed by atoms with Gasteiger partial charge < -0.3 is 0 Å². The summed E-state index contributed by atoms with van der Waals surface area (Å²) >= 11 is -0.143. The minimum atomic E-state index is -1.06. The predicted molar refractivity (Wildman–Crippen MR) is 60.4 cm³/mol. The van der Waals surface area contributed by atoms with Gasteiger partial charge in [-0.15, -0.1) is 0 Å². The average Bonchev–Trinajstić information content (AvgIpc) is 2.21. The molecule has 7 nitrogen and oxygen atoms in total. The molecule has 0 aliphatic carbocycles. The Morgan fingerprint density at radius 1 is 1.29 bits per heavy atom. The van der Waals surface area contributed by atoms with E-state index >= 15 is 0 Å². The van der Waals surface area contributed by atoms with Crippen LogP contribution in [0.25, 0.3) is 0 Å². The first kappa shape index (κ1) is 15.9. The first-order valence-corrected chi connectivity index (χ1v) is 7.40. The molecule has 0 aliphatic rings. The van der Waals surface area contributed by atoms with Crippen molar-refractivity contribution in [3.63, 3.8) is 0 Å². The van der Waals surface area contributed by atoms with Crippen molar-refractivity contribution >= 4 is 33.0 Å². The second-order valence-electron chi connectivity index (χ2n) is 3.33. The number of primary amides is 1. The molecule has 0 spiro atoms. The van der Waals surface area contributed by atoms with Crippen LogP contribution in [-0.2, 0) is 14.4 Å². The van der Waals surface area contributed by atoms with Crippen LogP contribution in [0.1, 0.15) is 19.3 Å². The van der Waals surface area contributed by atoms with Crippen LogP contribution in [0.15, 0.2) is 0 Å². The van der Waals surface area contributed by atoms with Gasteiger partial charge in [0.1, 0.15) is 0 Å². The van der Waals surface area contributed by atoms with Crippen molar-refractivity contribution in [2.24, 2.45) is 5.73 Å². The van der Waals surface area contributed by atoms with Gasteiger partial charge in [0.2, 0.25) is 0 Å². The van der Waals surface area contributed by atoms with Crippen LogP contribution < -0.4 is 5.73 Å². The molecule has 8 heteroatoms. The Hall–Kier alpha value is -1.11. The fourth-order valence-corrected chi connectivity index (χ4v) is 2.77. The van der Waals surface area contributed by atoms with E-state index in [2.05, 4.69) is 0 Å². The summed E-state index contributed by atoms with van der Waals surface area (Å²) in [5.74, 6) is -0.786.